The average molecular weight is 604 g/mol. The Morgan fingerprint density at radius 1 is 0.952 bits per heavy atom. The van der Waals surface area contributed by atoms with Crippen LogP contribution in [0.2, 0.25) is 0 Å². The van der Waals surface area contributed by atoms with Gasteiger partial charge >= 0.3 is 18.3 Å². The third-order valence-corrected chi connectivity index (χ3v) is 6.53. The molecule has 1 aliphatic carbocycles. The first-order valence-electron chi connectivity index (χ1n) is 12.7. The maximum atomic E-state index is 14.2. The van der Waals surface area contributed by atoms with Crippen molar-refractivity contribution in [2.45, 2.75) is 44.1 Å². The maximum Gasteiger partial charge on any atom is 0.490 e. The Balaban J connectivity index is 0.000000616. The van der Waals surface area contributed by atoms with E-state index in [0.29, 0.717) is 12.0 Å². The number of benzene rings is 2. The molecular weight excluding hydrogens is 575 g/mol. The van der Waals surface area contributed by atoms with Crippen LogP contribution < -0.4 is 15.5 Å². The SMILES string of the molecule is CN(C)c1nc(NC2CCC(CNC(=O)c3cccc(C(F)(F)F)c3F)CC2)nc2ccccc12.O=C(O)C(F)(F)F. The first kappa shape index (κ1) is 32.3. The molecular formula is C27H28F7N5O3. The van der Waals surface area contributed by atoms with Gasteiger partial charge in [-0.25, -0.2) is 14.2 Å². The number of alkyl halides is 6. The number of carbonyl (C=O) groups is 2. The van der Waals surface area contributed by atoms with Gasteiger partial charge in [-0.3, -0.25) is 4.79 Å². The first-order chi connectivity index (χ1) is 19.6. The van der Waals surface area contributed by atoms with Crippen LogP contribution in [-0.4, -0.2) is 59.8 Å². The summed E-state index contributed by atoms with van der Waals surface area (Å²) in [6.07, 6.45) is -6.68. The number of para-hydroxylation sites is 1. The van der Waals surface area contributed by atoms with Crippen molar-refractivity contribution in [1.29, 1.82) is 0 Å². The number of fused-ring (bicyclic) bond motifs is 1. The molecule has 0 atom stereocenters. The van der Waals surface area contributed by atoms with Crippen molar-refractivity contribution < 1.29 is 45.4 Å². The van der Waals surface area contributed by atoms with Gasteiger partial charge in [0.2, 0.25) is 5.95 Å². The zero-order valence-electron chi connectivity index (χ0n) is 22.5. The Morgan fingerprint density at radius 3 is 2.14 bits per heavy atom. The minimum atomic E-state index is -5.08. The molecule has 3 aromatic rings. The van der Waals surface area contributed by atoms with E-state index >= 15 is 0 Å². The number of carboxylic acids is 1. The van der Waals surface area contributed by atoms with E-state index in [-0.39, 0.29) is 18.5 Å². The number of nitrogens with one attached hydrogen (secondary N) is 2. The summed E-state index contributed by atoms with van der Waals surface area (Å²) in [5.41, 5.74) is -1.18. The lowest BCUT2D eigenvalue weighted by atomic mass is 9.86. The van der Waals surface area contributed by atoms with Gasteiger partial charge in [-0.1, -0.05) is 18.2 Å². The molecule has 1 aromatic heterocycles. The summed E-state index contributed by atoms with van der Waals surface area (Å²) >= 11 is 0. The third kappa shape index (κ3) is 8.42. The molecule has 1 aliphatic rings. The fraction of sp³-hybridized carbons (Fsp3) is 0.407. The number of hydrogen-bond acceptors (Lipinski definition) is 6. The molecule has 0 aliphatic heterocycles. The average Bonchev–Trinajstić information content (AvgIpc) is 2.91. The second-order valence-corrected chi connectivity index (χ2v) is 9.82. The fourth-order valence-corrected chi connectivity index (χ4v) is 4.42. The van der Waals surface area contributed by atoms with Gasteiger partial charge in [0.05, 0.1) is 16.6 Å². The molecule has 1 fully saturated rings. The second-order valence-electron chi connectivity index (χ2n) is 9.82. The summed E-state index contributed by atoms with van der Waals surface area (Å²) in [7, 11) is 3.87. The summed E-state index contributed by atoms with van der Waals surface area (Å²) in [4.78, 5) is 32.5. The molecule has 0 bridgehead atoms. The Morgan fingerprint density at radius 2 is 1.57 bits per heavy atom. The zero-order chi connectivity index (χ0) is 31.2. The Labute approximate surface area is 235 Å². The molecule has 3 N–H and O–H groups in total. The minimum Gasteiger partial charge on any atom is -0.475 e. The number of aromatic nitrogens is 2. The zero-order valence-corrected chi connectivity index (χ0v) is 22.5. The molecule has 0 saturated heterocycles. The highest BCUT2D eigenvalue weighted by Gasteiger charge is 2.38. The van der Waals surface area contributed by atoms with Crippen LogP contribution in [0.15, 0.2) is 42.5 Å². The highest BCUT2D eigenvalue weighted by molar-refractivity contribution is 5.94. The van der Waals surface area contributed by atoms with Gasteiger partial charge in [0, 0.05) is 32.1 Å². The summed E-state index contributed by atoms with van der Waals surface area (Å²) in [5.74, 6) is -3.60. The predicted octanol–water partition coefficient (Wildman–Crippen LogP) is 5.89. The van der Waals surface area contributed by atoms with Crippen LogP contribution in [-0.2, 0) is 11.0 Å². The molecule has 1 heterocycles. The Bertz CT molecular complexity index is 1410. The summed E-state index contributed by atoms with van der Waals surface area (Å²) in [6.45, 7) is 0.276. The van der Waals surface area contributed by atoms with E-state index in [9.17, 15) is 35.5 Å². The number of rotatable bonds is 6. The molecule has 8 nitrogen and oxygen atoms in total. The Kier molecular flexibility index (Phi) is 10.2. The smallest absolute Gasteiger partial charge is 0.475 e. The Hall–Kier alpha value is -4.17. The molecule has 0 unspecified atom stereocenters. The normalized spacial score (nSPS) is 17.2. The van der Waals surface area contributed by atoms with Crippen molar-refractivity contribution in [3.8, 4) is 0 Å². The number of hydrogen-bond donors (Lipinski definition) is 3. The number of aliphatic carboxylic acids is 1. The minimum absolute atomic E-state index is 0.153. The largest absolute Gasteiger partial charge is 0.490 e. The quantitative estimate of drug-likeness (QED) is 0.302. The lowest BCUT2D eigenvalue weighted by Gasteiger charge is -2.29. The van der Waals surface area contributed by atoms with Crippen LogP contribution in [0.5, 0.6) is 0 Å². The van der Waals surface area contributed by atoms with Crippen molar-refractivity contribution in [1.82, 2.24) is 15.3 Å². The van der Waals surface area contributed by atoms with E-state index in [0.717, 1.165) is 54.5 Å². The van der Waals surface area contributed by atoms with Crippen LogP contribution in [0.1, 0.15) is 41.6 Å². The topological polar surface area (TPSA) is 107 Å². The summed E-state index contributed by atoms with van der Waals surface area (Å²) in [6, 6.07) is 10.7. The highest BCUT2D eigenvalue weighted by atomic mass is 19.4. The van der Waals surface area contributed by atoms with E-state index in [1.54, 1.807) is 0 Å². The van der Waals surface area contributed by atoms with Crippen molar-refractivity contribution in [2.75, 3.05) is 30.9 Å². The molecule has 1 saturated carbocycles. The maximum absolute atomic E-state index is 14.2. The molecule has 0 radical (unpaired) electrons. The van der Waals surface area contributed by atoms with E-state index in [1.807, 2.05) is 43.3 Å². The van der Waals surface area contributed by atoms with Crippen LogP contribution in [0.25, 0.3) is 10.9 Å². The first-order valence-corrected chi connectivity index (χ1v) is 12.7. The standard InChI is InChI=1S/C25H27F4N5O.C2HF3O2/c1-34(2)22-17-6-3-4-9-20(17)32-24(33-22)31-16-12-10-15(11-13-16)14-30-23(35)18-7-5-8-19(21(18)26)25(27,28)29;3-2(4,5)1(6)7/h3-9,15-16H,10-14H2,1-2H3,(H,30,35)(H,31,32,33);(H,6,7). The number of halogens is 7. The van der Waals surface area contributed by atoms with E-state index in [2.05, 4.69) is 20.6 Å². The molecule has 42 heavy (non-hydrogen) atoms. The second kappa shape index (κ2) is 13.2. The van der Waals surface area contributed by atoms with Crippen LogP contribution in [0.4, 0.5) is 42.5 Å². The summed E-state index contributed by atoms with van der Waals surface area (Å²) in [5, 5.41) is 14.1. The van der Waals surface area contributed by atoms with Gasteiger partial charge in [-0.2, -0.15) is 31.3 Å². The third-order valence-electron chi connectivity index (χ3n) is 6.53. The van der Waals surface area contributed by atoms with Gasteiger partial charge in [-0.05, 0) is 55.9 Å². The lowest BCUT2D eigenvalue weighted by Crippen LogP contribution is -2.34. The number of amides is 1. The predicted molar refractivity (Wildman–Crippen MR) is 141 cm³/mol. The van der Waals surface area contributed by atoms with E-state index in [1.165, 1.54) is 0 Å². The van der Waals surface area contributed by atoms with Crippen LogP contribution in [0.3, 0.4) is 0 Å². The van der Waals surface area contributed by atoms with Crippen molar-refractivity contribution >= 4 is 34.5 Å². The number of carboxylic acid groups (broad SMARTS) is 1. The van der Waals surface area contributed by atoms with Crippen LogP contribution >= 0.6 is 0 Å². The van der Waals surface area contributed by atoms with Crippen molar-refractivity contribution in [2.24, 2.45) is 5.92 Å². The molecule has 0 spiro atoms. The van der Waals surface area contributed by atoms with Gasteiger partial charge < -0.3 is 20.6 Å². The monoisotopic (exact) mass is 603 g/mol. The fourth-order valence-electron chi connectivity index (χ4n) is 4.42. The molecule has 15 heteroatoms. The van der Waals surface area contributed by atoms with Crippen molar-refractivity contribution in [3.05, 3.63) is 59.4 Å². The van der Waals surface area contributed by atoms with E-state index in [4.69, 9.17) is 9.90 Å². The van der Waals surface area contributed by atoms with Crippen LogP contribution in [0, 0.1) is 11.7 Å². The van der Waals surface area contributed by atoms with Gasteiger partial charge in [-0.15, -0.1) is 0 Å². The molecule has 2 aromatic carbocycles. The number of anilines is 2. The molecule has 1 amide bonds. The number of nitrogens with zero attached hydrogens (tertiary/aromatic N) is 3. The highest BCUT2D eigenvalue weighted by Crippen LogP contribution is 2.33. The number of carbonyl (C=O) groups excluding carboxylic acids is 1. The van der Waals surface area contributed by atoms with Crippen molar-refractivity contribution in [3.63, 3.8) is 0 Å². The van der Waals surface area contributed by atoms with Gasteiger partial charge in [0.15, 0.2) is 0 Å². The molecule has 228 valence electrons. The molecule has 4 rings (SSSR count). The lowest BCUT2D eigenvalue weighted by molar-refractivity contribution is -0.192. The van der Waals surface area contributed by atoms with E-state index < -0.39 is 41.2 Å². The summed E-state index contributed by atoms with van der Waals surface area (Å²) < 4.78 is 84.7. The van der Waals surface area contributed by atoms with Gasteiger partial charge in [0.1, 0.15) is 11.6 Å². The van der Waals surface area contributed by atoms with Gasteiger partial charge in [0.25, 0.3) is 5.91 Å².